The molecule has 0 radical (unpaired) electrons. The fourth-order valence-electron chi connectivity index (χ4n) is 2.87. The maximum absolute atomic E-state index is 5.89. The average molecular weight is 392 g/mol. The summed E-state index contributed by atoms with van der Waals surface area (Å²) >= 11 is 0. The molecule has 0 fully saturated rings. The summed E-state index contributed by atoms with van der Waals surface area (Å²) in [4.78, 5) is 2.12. The van der Waals surface area contributed by atoms with E-state index in [0.717, 1.165) is 19.4 Å². The zero-order valence-electron chi connectivity index (χ0n) is 19.2. The van der Waals surface area contributed by atoms with Gasteiger partial charge < -0.3 is 14.4 Å². The Morgan fingerprint density at radius 1 is 0.679 bits per heavy atom. The fourth-order valence-corrected chi connectivity index (χ4v) is 2.87. The van der Waals surface area contributed by atoms with E-state index in [1.165, 1.54) is 64.2 Å². The monoisotopic (exact) mass is 391 g/mol. The van der Waals surface area contributed by atoms with Crippen molar-refractivity contribution in [1.82, 2.24) is 4.90 Å². The van der Waals surface area contributed by atoms with Gasteiger partial charge in [-0.3, -0.25) is 0 Å². The number of rotatable bonds is 17. The predicted molar refractivity (Wildman–Crippen MR) is 121 cm³/mol. The van der Waals surface area contributed by atoms with Gasteiger partial charge >= 0.3 is 0 Å². The summed E-state index contributed by atoms with van der Waals surface area (Å²) in [5.41, 5.74) is 0. The molecule has 0 aliphatic heterocycles. The molecule has 0 aliphatic rings. The van der Waals surface area contributed by atoms with Gasteiger partial charge in [0.05, 0.1) is 12.7 Å². The molecule has 1 atom stereocenters. The summed E-state index contributed by atoms with van der Waals surface area (Å²) in [5, 5.41) is 0. The lowest BCUT2D eigenvalue weighted by Crippen LogP contribution is -2.32. The lowest BCUT2D eigenvalue weighted by Gasteiger charge is -2.20. The molecule has 162 valence electrons. The van der Waals surface area contributed by atoms with E-state index in [1.807, 2.05) is 0 Å². The standard InChI is InChI=1S/C25H45NO2/c1-5-7-9-11-13-15-17-19-21-27-24-25(23-26(3)4)28-22-20-18-16-14-12-10-8-6-2/h25H,5-16,21-24H2,1-4H3. The lowest BCUT2D eigenvalue weighted by molar-refractivity contribution is -0.00693. The van der Waals surface area contributed by atoms with E-state index in [4.69, 9.17) is 9.47 Å². The molecule has 0 rings (SSSR count). The third kappa shape index (κ3) is 21.3. The van der Waals surface area contributed by atoms with Crippen molar-refractivity contribution in [1.29, 1.82) is 0 Å². The van der Waals surface area contributed by atoms with Crippen LogP contribution in [0, 0.1) is 23.7 Å². The van der Waals surface area contributed by atoms with Gasteiger partial charge in [0.15, 0.2) is 0 Å². The highest BCUT2D eigenvalue weighted by molar-refractivity contribution is 4.99. The van der Waals surface area contributed by atoms with E-state index in [9.17, 15) is 0 Å². The lowest BCUT2D eigenvalue weighted by atomic mass is 10.1. The van der Waals surface area contributed by atoms with Crippen LogP contribution in [0.1, 0.15) is 90.9 Å². The zero-order chi connectivity index (χ0) is 20.7. The van der Waals surface area contributed by atoms with Gasteiger partial charge in [-0.25, -0.2) is 0 Å². The Bertz CT molecular complexity index is 439. The third-order valence-corrected chi connectivity index (χ3v) is 4.50. The van der Waals surface area contributed by atoms with Crippen LogP contribution >= 0.6 is 0 Å². The second kappa shape index (κ2) is 22.3. The molecule has 0 aromatic rings. The van der Waals surface area contributed by atoms with Gasteiger partial charge in [-0.15, -0.1) is 11.8 Å². The van der Waals surface area contributed by atoms with E-state index in [1.54, 1.807) is 0 Å². The quantitative estimate of drug-likeness (QED) is 0.235. The molecule has 28 heavy (non-hydrogen) atoms. The Hall–Kier alpha value is -1.00. The van der Waals surface area contributed by atoms with Crippen LogP contribution in [-0.2, 0) is 9.47 Å². The Labute approximate surface area is 175 Å². The van der Waals surface area contributed by atoms with Crippen molar-refractivity contribution >= 4 is 0 Å². The molecular weight excluding hydrogens is 346 g/mol. The van der Waals surface area contributed by atoms with Crippen LogP contribution in [0.2, 0.25) is 0 Å². The summed E-state index contributed by atoms with van der Waals surface area (Å²) < 4.78 is 11.6. The van der Waals surface area contributed by atoms with Crippen molar-refractivity contribution < 1.29 is 9.47 Å². The number of likely N-dealkylation sites (N-methyl/N-ethyl adjacent to an activating group) is 1. The Morgan fingerprint density at radius 3 is 1.75 bits per heavy atom. The molecule has 3 nitrogen and oxygen atoms in total. The summed E-state index contributed by atoms with van der Waals surface area (Å²) in [6, 6.07) is 0. The highest BCUT2D eigenvalue weighted by atomic mass is 16.5. The van der Waals surface area contributed by atoms with Gasteiger partial charge in [0.25, 0.3) is 0 Å². The molecule has 0 spiro atoms. The molecule has 0 saturated heterocycles. The summed E-state index contributed by atoms with van der Waals surface area (Å²) in [5.74, 6) is 12.7. The first kappa shape index (κ1) is 27.0. The van der Waals surface area contributed by atoms with Crippen LogP contribution in [0.25, 0.3) is 0 Å². The Kier molecular flexibility index (Phi) is 21.5. The van der Waals surface area contributed by atoms with Crippen LogP contribution in [0.15, 0.2) is 0 Å². The first-order valence-electron chi connectivity index (χ1n) is 11.5. The minimum atomic E-state index is 0.0460. The first-order valence-corrected chi connectivity index (χ1v) is 11.5. The van der Waals surface area contributed by atoms with Gasteiger partial charge in [-0.1, -0.05) is 77.1 Å². The van der Waals surface area contributed by atoms with E-state index in [0.29, 0.717) is 19.8 Å². The first-order chi connectivity index (χ1) is 13.7. The maximum atomic E-state index is 5.89. The average Bonchev–Trinajstić information content (AvgIpc) is 2.67. The second-order valence-corrected chi connectivity index (χ2v) is 7.75. The molecule has 0 amide bonds. The summed E-state index contributed by atoms with van der Waals surface area (Å²) in [7, 11) is 4.10. The third-order valence-electron chi connectivity index (χ3n) is 4.50. The van der Waals surface area contributed by atoms with E-state index in [-0.39, 0.29) is 6.10 Å². The van der Waals surface area contributed by atoms with Crippen molar-refractivity contribution in [3.05, 3.63) is 0 Å². The normalized spacial score (nSPS) is 11.6. The molecule has 0 aliphatic carbocycles. The van der Waals surface area contributed by atoms with Crippen molar-refractivity contribution in [2.75, 3.05) is 40.5 Å². The number of hydrogen-bond acceptors (Lipinski definition) is 3. The minimum Gasteiger partial charge on any atom is -0.366 e. The van der Waals surface area contributed by atoms with E-state index < -0.39 is 0 Å². The highest BCUT2D eigenvalue weighted by Gasteiger charge is 2.09. The van der Waals surface area contributed by atoms with Crippen LogP contribution < -0.4 is 0 Å². The van der Waals surface area contributed by atoms with Gasteiger partial charge in [0.1, 0.15) is 13.2 Å². The Morgan fingerprint density at radius 2 is 1.21 bits per heavy atom. The molecule has 0 N–H and O–H groups in total. The van der Waals surface area contributed by atoms with Crippen molar-refractivity contribution in [3.63, 3.8) is 0 Å². The number of hydrogen-bond donors (Lipinski definition) is 0. The molecule has 0 aromatic heterocycles. The highest BCUT2D eigenvalue weighted by Crippen LogP contribution is 2.04. The SMILES string of the molecule is CCCCCCCC#CCOCC(CN(C)C)OCC#CCCCCCCC. The molecule has 0 aromatic carbocycles. The van der Waals surface area contributed by atoms with Crippen molar-refractivity contribution in [3.8, 4) is 23.7 Å². The van der Waals surface area contributed by atoms with Crippen LogP contribution in [0.5, 0.6) is 0 Å². The molecule has 1 unspecified atom stereocenters. The molecule has 0 saturated carbocycles. The van der Waals surface area contributed by atoms with Crippen molar-refractivity contribution in [2.45, 2.75) is 97.0 Å². The Balaban J connectivity index is 3.82. The maximum Gasteiger partial charge on any atom is 0.108 e. The van der Waals surface area contributed by atoms with Crippen molar-refractivity contribution in [2.24, 2.45) is 0 Å². The largest absolute Gasteiger partial charge is 0.366 e. The number of nitrogens with zero attached hydrogens (tertiary/aromatic N) is 1. The molecule has 3 heteroatoms. The predicted octanol–water partition coefficient (Wildman–Crippen LogP) is 5.68. The van der Waals surface area contributed by atoms with Gasteiger partial charge in [-0.05, 0) is 26.9 Å². The zero-order valence-corrected chi connectivity index (χ0v) is 19.2. The van der Waals surface area contributed by atoms with Gasteiger partial charge in [0, 0.05) is 19.4 Å². The number of ether oxygens (including phenoxy) is 2. The van der Waals surface area contributed by atoms with E-state index in [2.05, 4.69) is 56.5 Å². The molecule has 0 bridgehead atoms. The van der Waals surface area contributed by atoms with E-state index >= 15 is 0 Å². The minimum absolute atomic E-state index is 0.0460. The second-order valence-electron chi connectivity index (χ2n) is 7.75. The molecular formula is C25H45NO2. The summed E-state index contributed by atoms with van der Waals surface area (Å²) in [6.07, 6.45) is 14.9. The smallest absolute Gasteiger partial charge is 0.108 e. The van der Waals surface area contributed by atoms with Crippen LogP contribution in [0.4, 0.5) is 0 Å². The number of unbranched alkanes of at least 4 members (excludes halogenated alkanes) is 10. The van der Waals surface area contributed by atoms with Crippen LogP contribution in [-0.4, -0.2) is 51.5 Å². The van der Waals surface area contributed by atoms with Gasteiger partial charge in [0.2, 0.25) is 0 Å². The summed E-state index contributed by atoms with van der Waals surface area (Å²) in [6.45, 7) is 6.87. The van der Waals surface area contributed by atoms with Crippen LogP contribution in [0.3, 0.4) is 0 Å². The molecule has 0 heterocycles. The fraction of sp³-hybridized carbons (Fsp3) is 0.840. The topological polar surface area (TPSA) is 21.7 Å². The van der Waals surface area contributed by atoms with Gasteiger partial charge in [-0.2, -0.15) is 0 Å².